The lowest BCUT2D eigenvalue weighted by Gasteiger charge is -2.38. The molecule has 0 bridgehead atoms. The molecule has 0 unspecified atom stereocenters. The van der Waals surface area contributed by atoms with E-state index in [1.807, 2.05) is 12.3 Å². The Bertz CT molecular complexity index is 1370. The molecule has 0 radical (unpaired) electrons. The molecular formula is C27H33N9O3. The van der Waals surface area contributed by atoms with Gasteiger partial charge in [0.2, 0.25) is 5.91 Å². The van der Waals surface area contributed by atoms with Gasteiger partial charge in [0.1, 0.15) is 0 Å². The molecule has 3 N–H and O–H groups in total. The van der Waals surface area contributed by atoms with Crippen molar-refractivity contribution >= 4 is 40.3 Å². The normalized spacial score (nSPS) is 20.0. The van der Waals surface area contributed by atoms with Crippen LogP contribution in [0.2, 0.25) is 0 Å². The van der Waals surface area contributed by atoms with Gasteiger partial charge in [0.05, 0.1) is 23.6 Å². The molecule has 0 saturated carbocycles. The van der Waals surface area contributed by atoms with Gasteiger partial charge >= 0.3 is 6.03 Å². The maximum atomic E-state index is 12.4. The molecule has 0 aromatic carbocycles. The zero-order valence-electron chi connectivity index (χ0n) is 21.8. The zero-order chi connectivity index (χ0) is 26.9. The van der Waals surface area contributed by atoms with Gasteiger partial charge in [-0.1, -0.05) is 0 Å². The zero-order valence-corrected chi connectivity index (χ0v) is 21.8. The smallest absolute Gasteiger partial charge is 0.328 e. The number of aromatic nitrogens is 4. The molecule has 0 aliphatic carbocycles. The van der Waals surface area contributed by atoms with Crippen LogP contribution in [0.1, 0.15) is 48.6 Å². The summed E-state index contributed by atoms with van der Waals surface area (Å²) in [7, 11) is 0. The summed E-state index contributed by atoms with van der Waals surface area (Å²) >= 11 is 0. The topological polar surface area (TPSA) is 143 Å². The van der Waals surface area contributed by atoms with E-state index in [1.165, 1.54) is 0 Å². The van der Waals surface area contributed by atoms with Gasteiger partial charge in [0, 0.05) is 63.3 Å². The van der Waals surface area contributed by atoms with Crippen molar-refractivity contribution < 1.29 is 14.4 Å². The van der Waals surface area contributed by atoms with Crippen LogP contribution in [0.4, 0.5) is 16.3 Å². The van der Waals surface area contributed by atoms with Crippen LogP contribution < -0.4 is 20.9 Å². The van der Waals surface area contributed by atoms with Crippen LogP contribution in [0.25, 0.3) is 10.9 Å². The molecule has 3 fully saturated rings. The van der Waals surface area contributed by atoms with E-state index in [-0.39, 0.29) is 17.6 Å². The van der Waals surface area contributed by atoms with Gasteiger partial charge < -0.3 is 20.1 Å². The van der Waals surface area contributed by atoms with E-state index in [0.717, 1.165) is 80.8 Å². The number of nitrogens with two attached hydrogens (primary N) is 1. The number of amides is 4. The van der Waals surface area contributed by atoms with Gasteiger partial charge in [0.25, 0.3) is 5.91 Å². The monoisotopic (exact) mass is 531 g/mol. The van der Waals surface area contributed by atoms with Crippen molar-refractivity contribution in [2.24, 2.45) is 11.7 Å². The highest BCUT2D eigenvalue weighted by Gasteiger charge is 2.29. The number of anilines is 2. The number of imide groups is 1. The second-order valence-corrected chi connectivity index (χ2v) is 10.7. The van der Waals surface area contributed by atoms with Gasteiger partial charge in [-0.2, -0.15) is 0 Å². The summed E-state index contributed by atoms with van der Waals surface area (Å²) in [6.45, 7) is 5.43. The van der Waals surface area contributed by atoms with Gasteiger partial charge in [-0.25, -0.2) is 4.79 Å². The minimum absolute atomic E-state index is 0.189. The van der Waals surface area contributed by atoms with E-state index in [1.54, 1.807) is 17.2 Å². The summed E-state index contributed by atoms with van der Waals surface area (Å²) in [4.78, 5) is 46.1. The molecule has 0 spiro atoms. The third kappa shape index (κ3) is 5.16. The maximum Gasteiger partial charge on any atom is 0.328 e. The number of nitrogens with one attached hydrogen (secondary N) is 1. The number of piperidine rings is 2. The van der Waals surface area contributed by atoms with Crippen molar-refractivity contribution in [2.75, 3.05) is 49.1 Å². The first kappa shape index (κ1) is 25.2. The Morgan fingerprint density at radius 1 is 0.974 bits per heavy atom. The van der Waals surface area contributed by atoms with Gasteiger partial charge in [0.15, 0.2) is 11.5 Å². The second-order valence-electron chi connectivity index (χ2n) is 10.7. The number of rotatable bonds is 6. The third-order valence-electron chi connectivity index (χ3n) is 8.28. The predicted octanol–water partition coefficient (Wildman–Crippen LogP) is 1.92. The predicted molar refractivity (Wildman–Crippen MR) is 145 cm³/mol. The standard InChI is InChI=1S/C27H33N9O3/c28-26(38)21-1-2-24(32-31-21)34-11-3-18(4-12-34)17-33-9-5-19(6-10-33)35-13-7-20-22(35)15-29-16-23(20)36-14-8-25(37)30-27(36)39/h1-2,7,13,15-16,18-19H,3-6,8-12,14,17H2,(H2,28,38)(H,30,37,39). The summed E-state index contributed by atoms with van der Waals surface area (Å²) in [6.07, 6.45) is 10.3. The Morgan fingerprint density at radius 2 is 1.77 bits per heavy atom. The van der Waals surface area contributed by atoms with Crippen molar-refractivity contribution in [1.82, 2.24) is 30.0 Å². The lowest BCUT2D eigenvalue weighted by atomic mass is 9.94. The van der Waals surface area contributed by atoms with Gasteiger partial charge in [-0.3, -0.25) is 24.8 Å². The summed E-state index contributed by atoms with van der Waals surface area (Å²) < 4.78 is 2.30. The number of nitrogens with zero attached hydrogens (tertiary/aromatic N) is 7. The van der Waals surface area contributed by atoms with E-state index >= 15 is 0 Å². The molecule has 12 nitrogen and oxygen atoms in total. The van der Waals surface area contributed by atoms with Crippen LogP contribution >= 0.6 is 0 Å². The highest BCUT2D eigenvalue weighted by atomic mass is 16.2. The quantitative estimate of drug-likeness (QED) is 0.491. The summed E-state index contributed by atoms with van der Waals surface area (Å²) in [5.41, 5.74) is 7.22. The lowest BCUT2D eigenvalue weighted by Crippen LogP contribution is -2.49. The number of hydrogen-bond acceptors (Lipinski definition) is 8. The maximum absolute atomic E-state index is 12.4. The molecule has 204 valence electrons. The molecule has 3 aromatic rings. The van der Waals surface area contributed by atoms with Crippen molar-refractivity contribution in [2.45, 2.75) is 38.1 Å². The van der Waals surface area contributed by atoms with Crippen LogP contribution in [0, 0.1) is 5.92 Å². The van der Waals surface area contributed by atoms with E-state index < -0.39 is 5.91 Å². The fraction of sp³-hybridized carbons (Fsp3) is 0.481. The molecule has 0 atom stereocenters. The second kappa shape index (κ2) is 10.6. The molecule has 6 heterocycles. The minimum Gasteiger partial charge on any atom is -0.364 e. The van der Waals surface area contributed by atoms with E-state index in [4.69, 9.17) is 5.73 Å². The average molecular weight is 532 g/mol. The molecule has 3 saturated heterocycles. The SMILES string of the molecule is NC(=O)c1ccc(N2CCC(CN3CCC(n4ccc5c(N6CCC(=O)NC6=O)cncc54)CC3)CC2)nn1. The van der Waals surface area contributed by atoms with Crippen molar-refractivity contribution in [1.29, 1.82) is 0 Å². The highest BCUT2D eigenvalue weighted by molar-refractivity contribution is 6.09. The van der Waals surface area contributed by atoms with Gasteiger partial charge in [-0.15, -0.1) is 10.2 Å². The number of primary amides is 1. The van der Waals surface area contributed by atoms with Crippen LogP contribution in [0.5, 0.6) is 0 Å². The van der Waals surface area contributed by atoms with Crippen molar-refractivity contribution in [3.05, 3.63) is 42.5 Å². The van der Waals surface area contributed by atoms with Crippen LogP contribution in [-0.4, -0.2) is 81.8 Å². The fourth-order valence-corrected chi connectivity index (χ4v) is 6.10. The number of hydrogen-bond donors (Lipinski definition) is 2. The molecule has 39 heavy (non-hydrogen) atoms. The number of likely N-dealkylation sites (tertiary alicyclic amines) is 1. The van der Waals surface area contributed by atoms with E-state index in [9.17, 15) is 14.4 Å². The lowest BCUT2D eigenvalue weighted by molar-refractivity contribution is -0.120. The average Bonchev–Trinajstić information content (AvgIpc) is 3.39. The van der Waals surface area contributed by atoms with Crippen molar-refractivity contribution in [3.63, 3.8) is 0 Å². The molecule has 3 aromatic heterocycles. The molecule has 4 amide bonds. The van der Waals surface area contributed by atoms with Gasteiger partial charge in [-0.05, 0) is 49.8 Å². The molecule has 6 rings (SSSR count). The van der Waals surface area contributed by atoms with E-state index in [0.29, 0.717) is 24.9 Å². The first-order valence-electron chi connectivity index (χ1n) is 13.6. The Hall–Kier alpha value is -4.06. The summed E-state index contributed by atoms with van der Waals surface area (Å²) in [5, 5.41) is 11.5. The first-order valence-corrected chi connectivity index (χ1v) is 13.6. The van der Waals surface area contributed by atoms with E-state index in [2.05, 4.69) is 47.1 Å². The minimum atomic E-state index is -0.562. The molecule has 12 heteroatoms. The Morgan fingerprint density at radius 3 is 2.46 bits per heavy atom. The fourth-order valence-electron chi connectivity index (χ4n) is 6.10. The number of urea groups is 1. The number of carbonyl (C=O) groups excluding carboxylic acids is 3. The molecule has 3 aliphatic heterocycles. The van der Waals surface area contributed by atoms with Crippen LogP contribution in [0.3, 0.4) is 0 Å². The summed E-state index contributed by atoms with van der Waals surface area (Å²) in [6, 6.07) is 5.52. The number of pyridine rings is 1. The largest absolute Gasteiger partial charge is 0.364 e. The highest BCUT2D eigenvalue weighted by Crippen LogP contribution is 2.33. The molecule has 3 aliphatic rings. The first-order chi connectivity index (χ1) is 19.0. The third-order valence-corrected chi connectivity index (χ3v) is 8.28. The van der Waals surface area contributed by atoms with Crippen LogP contribution in [0.15, 0.2) is 36.8 Å². The van der Waals surface area contributed by atoms with Crippen molar-refractivity contribution in [3.8, 4) is 0 Å². The number of carbonyl (C=O) groups is 3. The number of fused-ring (bicyclic) bond motifs is 1. The Kier molecular flexibility index (Phi) is 6.86. The molecular weight excluding hydrogens is 498 g/mol. The Labute approximate surface area is 226 Å². The van der Waals surface area contributed by atoms with Crippen LogP contribution in [-0.2, 0) is 4.79 Å². The Balaban J connectivity index is 1.03. The summed E-state index contributed by atoms with van der Waals surface area (Å²) in [5.74, 6) is 0.646.